The molecule has 0 aliphatic carbocycles. The van der Waals surface area contributed by atoms with Gasteiger partial charge >= 0.3 is 0 Å². The number of benzene rings is 1. The molecule has 0 bridgehead atoms. The summed E-state index contributed by atoms with van der Waals surface area (Å²) in [5, 5.41) is 13.1. The number of nitro groups is 1. The third-order valence-electron chi connectivity index (χ3n) is 2.33. The summed E-state index contributed by atoms with van der Waals surface area (Å²) >= 11 is 0. The molecule has 94 valence electrons. The topological polar surface area (TPSA) is 81.2 Å². The molecule has 0 heterocycles. The van der Waals surface area contributed by atoms with Crippen molar-refractivity contribution in [3.63, 3.8) is 0 Å². The second-order valence-electron chi connectivity index (χ2n) is 3.56. The smallest absolute Gasteiger partial charge is 0.295 e. The molecule has 0 aromatic heterocycles. The predicted molar refractivity (Wildman–Crippen MR) is 59.8 cm³/mol. The molecule has 1 atom stereocenters. The molecule has 3 N–H and O–H groups in total. The van der Waals surface area contributed by atoms with Crippen molar-refractivity contribution >= 4 is 11.4 Å². The second kappa shape index (κ2) is 5.53. The minimum atomic E-state index is -1.26. The standard InChI is InChI=1S/C10H13F2N3O2/c1-2-6(13)5-14-10-8(15(16)17)4-3-7(11)9(10)12/h3-4,6,14H,2,5,13H2,1H3. The largest absolute Gasteiger partial charge is 0.375 e. The van der Waals surface area contributed by atoms with Crippen molar-refractivity contribution in [2.24, 2.45) is 5.73 Å². The van der Waals surface area contributed by atoms with Crippen molar-refractivity contribution in [2.75, 3.05) is 11.9 Å². The quantitative estimate of drug-likeness (QED) is 0.614. The minimum Gasteiger partial charge on any atom is -0.375 e. The molecule has 0 amide bonds. The first-order valence-corrected chi connectivity index (χ1v) is 5.09. The van der Waals surface area contributed by atoms with E-state index in [0.29, 0.717) is 6.42 Å². The van der Waals surface area contributed by atoms with E-state index >= 15 is 0 Å². The highest BCUT2D eigenvalue weighted by molar-refractivity contribution is 5.62. The summed E-state index contributed by atoms with van der Waals surface area (Å²) in [7, 11) is 0. The van der Waals surface area contributed by atoms with Gasteiger partial charge in [-0.25, -0.2) is 8.78 Å². The zero-order valence-electron chi connectivity index (χ0n) is 9.24. The van der Waals surface area contributed by atoms with Crippen molar-refractivity contribution in [2.45, 2.75) is 19.4 Å². The van der Waals surface area contributed by atoms with Crippen LogP contribution in [0.1, 0.15) is 13.3 Å². The summed E-state index contributed by atoms with van der Waals surface area (Å²) < 4.78 is 26.4. The van der Waals surface area contributed by atoms with Gasteiger partial charge in [0.2, 0.25) is 0 Å². The maximum absolute atomic E-state index is 13.4. The molecule has 0 spiro atoms. The van der Waals surface area contributed by atoms with Gasteiger partial charge in [-0.2, -0.15) is 0 Å². The number of hydrogen-bond donors (Lipinski definition) is 2. The summed E-state index contributed by atoms with van der Waals surface area (Å²) in [5.74, 6) is -2.40. The molecule has 0 aliphatic heterocycles. The first-order valence-electron chi connectivity index (χ1n) is 5.09. The number of halogens is 2. The molecule has 0 saturated carbocycles. The number of rotatable bonds is 5. The lowest BCUT2D eigenvalue weighted by Gasteiger charge is -2.12. The van der Waals surface area contributed by atoms with Gasteiger partial charge in [-0.1, -0.05) is 6.92 Å². The van der Waals surface area contributed by atoms with Crippen molar-refractivity contribution < 1.29 is 13.7 Å². The average molecular weight is 245 g/mol. The number of anilines is 1. The van der Waals surface area contributed by atoms with E-state index in [2.05, 4.69) is 5.32 Å². The number of nitro benzene ring substituents is 1. The normalized spacial score (nSPS) is 12.2. The first-order chi connectivity index (χ1) is 7.97. The molecule has 1 unspecified atom stereocenters. The van der Waals surface area contributed by atoms with E-state index in [0.717, 1.165) is 12.1 Å². The first kappa shape index (κ1) is 13.3. The fourth-order valence-electron chi connectivity index (χ4n) is 1.24. The Morgan fingerprint density at radius 1 is 1.53 bits per heavy atom. The Labute approximate surface area is 96.8 Å². The zero-order valence-corrected chi connectivity index (χ0v) is 9.24. The fraction of sp³-hybridized carbons (Fsp3) is 0.400. The maximum Gasteiger partial charge on any atom is 0.295 e. The Morgan fingerprint density at radius 3 is 2.71 bits per heavy atom. The summed E-state index contributed by atoms with van der Waals surface area (Å²) in [4.78, 5) is 9.87. The van der Waals surface area contributed by atoms with Crippen LogP contribution in [-0.2, 0) is 0 Å². The molecule has 5 nitrogen and oxygen atoms in total. The number of nitrogens with one attached hydrogen (secondary N) is 1. The van der Waals surface area contributed by atoms with Gasteiger partial charge in [0.15, 0.2) is 17.3 Å². The van der Waals surface area contributed by atoms with Crippen LogP contribution in [0.15, 0.2) is 12.1 Å². The molecule has 0 aliphatic rings. The van der Waals surface area contributed by atoms with Crippen LogP contribution >= 0.6 is 0 Å². The molecule has 1 aromatic carbocycles. The molecule has 1 aromatic rings. The summed E-state index contributed by atoms with van der Waals surface area (Å²) in [6.07, 6.45) is 0.623. The predicted octanol–water partition coefficient (Wildman–Crippen LogP) is 2.02. The van der Waals surface area contributed by atoms with Crippen LogP contribution in [0.4, 0.5) is 20.2 Å². The third-order valence-corrected chi connectivity index (χ3v) is 2.33. The van der Waals surface area contributed by atoms with Crippen LogP contribution in [0.2, 0.25) is 0 Å². The lowest BCUT2D eigenvalue weighted by atomic mass is 10.2. The maximum atomic E-state index is 13.4. The van der Waals surface area contributed by atoms with Gasteiger partial charge in [0.1, 0.15) is 0 Å². The van der Waals surface area contributed by atoms with Crippen LogP contribution < -0.4 is 11.1 Å². The van der Waals surface area contributed by atoms with Crippen LogP contribution in [0.3, 0.4) is 0 Å². The van der Waals surface area contributed by atoms with Crippen LogP contribution in [0, 0.1) is 21.7 Å². The summed E-state index contributed by atoms with van der Waals surface area (Å²) in [5.41, 5.74) is 4.62. The Bertz CT molecular complexity index is 426. The summed E-state index contributed by atoms with van der Waals surface area (Å²) in [6.45, 7) is 1.96. The monoisotopic (exact) mass is 245 g/mol. The van der Waals surface area contributed by atoms with Gasteiger partial charge in [0.05, 0.1) is 4.92 Å². The Balaban J connectivity index is 3.02. The highest BCUT2D eigenvalue weighted by Gasteiger charge is 2.21. The molecular formula is C10H13F2N3O2. The lowest BCUT2D eigenvalue weighted by Crippen LogP contribution is -2.28. The van der Waals surface area contributed by atoms with E-state index in [1.807, 2.05) is 6.92 Å². The SMILES string of the molecule is CCC(N)CNc1c([N+](=O)[O-])ccc(F)c1F. The molecule has 7 heteroatoms. The average Bonchev–Trinajstić information content (AvgIpc) is 2.30. The van der Waals surface area contributed by atoms with E-state index in [-0.39, 0.29) is 12.6 Å². The number of nitrogens with two attached hydrogens (primary N) is 1. The van der Waals surface area contributed by atoms with Gasteiger partial charge in [0.25, 0.3) is 5.69 Å². The van der Waals surface area contributed by atoms with E-state index in [4.69, 9.17) is 5.73 Å². The third kappa shape index (κ3) is 3.10. The van der Waals surface area contributed by atoms with E-state index in [1.165, 1.54) is 0 Å². The highest BCUT2D eigenvalue weighted by atomic mass is 19.2. The van der Waals surface area contributed by atoms with Gasteiger partial charge in [-0.3, -0.25) is 10.1 Å². The van der Waals surface area contributed by atoms with Gasteiger partial charge < -0.3 is 11.1 Å². The van der Waals surface area contributed by atoms with Gasteiger partial charge in [0, 0.05) is 18.7 Å². The van der Waals surface area contributed by atoms with Crippen LogP contribution in [0.5, 0.6) is 0 Å². The number of hydrogen-bond acceptors (Lipinski definition) is 4. The van der Waals surface area contributed by atoms with Crippen LogP contribution in [0.25, 0.3) is 0 Å². The van der Waals surface area contributed by atoms with E-state index in [1.54, 1.807) is 0 Å². The molecular weight excluding hydrogens is 232 g/mol. The molecule has 0 saturated heterocycles. The van der Waals surface area contributed by atoms with Crippen LogP contribution in [-0.4, -0.2) is 17.5 Å². The minimum absolute atomic E-state index is 0.137. The second-order valence-corrected chi connectivity index (χ2v) is 3.56. The van der Waals surface area contributed by atoms with Gasteiger partial charge in [-0.05, 0) is 12.5 Å². The fourth-order valence-corrected chi connectivity index (χ4v) is 1.24. The lowest BCUT2D eigenvalue weighted by molar-refractivity contribution is -0.384. The Hall–Kier alpha value is -1.76. The Kier molecular flexibility index (Phi) is 4.33. The van der Waals surface area contributed by atoms with E-state index < -0.39 is 27.9 Å². The van der Waals surface area contributed by atoms with E-state index in [9.17, 15) is 18.9 Å². The van der Waals surface area contributed by atoms with Crippen molar-refractivity contribution in [3.8, 4) is 0 Å². The molecule has 0 fully saturated rings. The van der Waals surface area contributed by atoms with Crippen molar-refractivity contribution in [3.05, 3.63) is 33.9 Å². The Morgan fingerprint density at radius 2 is 2.18 bits per heavy atom. The number of nitrogens with zero attached hydrogens (tertiary/aromatic N) is 1. The molecule has 0 radical (unpaired) electrons. The zero-order chi connectivity index (χ0) is 13.0. The molecule has 1 rings (SSSR count). The van der Waals surface area contributed by atoms with Crippen molar-refractivity contribution in [1.29, 1.82) is 0 Å². The van der Waals surface area contributed by atoms with Crippen molar-refractivity contribution in [1.82, 2.24) is 0 Å². The van der Waals surface area contributed by atoms with Gasteiger partial charge in [-0.15, -0.1) is 0 Å². The summed E-state index contributed by atoms with van der Waals surface area (Å²) in [6, 6.07) is 1.36. The highest BCUT2D eigenvalue weighted by Crippen LogP contribution is 2.28. The molecule has 17 heavy (non-hydrogen) atoms.